The number of nitrogens with two attached hydrogens (primary N) is 1. The van der Waals surface area contributed by atoms with Gasteiger partial charge in [0.1, 0.15) is 0 Å². The lowest BCUT2D eigenvalue weighted by Crippen LogP contribution is -2.37. The van der Waals surface area contributed by atoms with E-state index in [2.05, 4.69) is 4.72 Å². The number of hydrogen-bond donors (Lipinski definition) is 2. The first kappa shape index (κ1) is 21.9. The Morgan fingerprint density at radius 1 is 1.07 bits per heavy atom. The summed E-state index contributed by atoms with van der Waals surface area (Å²) in [5.41, 5.74) is 5.97. The van der Waals surface area contributed by atoms with Crippen LogP contribution in [0.2, 0.25) is 0 Å². The van der Waals surface area contributed by atoms with Crippen LogP contribution in [0.4, 0.5) is 11.4 Å². The summed E-state index contributed by atoms with van der Waals surface area (Å²) in [5, 5.41) is 0. The second kappa shape index (κ2) is 9.69. The Bertz CT molecular complexity index is 992. The van der Waals surface area contributed by atoms with Crippen molar-refractivity contribution in [1.29, 1.82) is 0 Å². The predicted molar refractivity (Wildman–Crippen MR) is 108 cm³/mol. The number of nitrogens with one attached hydrogen (secondary N) is 1. The van der Waals surface area contributed by atoms with Gasteiger partial charge < -0.3 is 15.4 Å². The highest BCUT2D eigenvalue weighted by atomic mass is 32.2. The first-order valence-electron chi connectivity index (χ1n) is 8.54. The zero-order chi connectivity index (χ0) is 21.4. The van der Waals surface area contributed by atoms with E-state index < -0.39 is 34.4 Å². The minimum absolute atomic E-state index is 0.0451. The molecule has 2 amide bonds. The number of primary amides is 1. The van der Waals surface area contributed by atoms with E-state index in [1.807, 2.05) is 0 Å². The van der Waals surface area contributed by atoms with Crippen LogP contribution in [-0.2, 0) is 24.3 Å². The van der Waals surface area contributed by atoms with Gasteiger partial charge in [0, 0.05) is 24.3 Å². The van der Waals surface area contributed by atoms with Crippen LogP contribution in [-0.4, -0.2) is 45.6 Å². The zero-order valence-electron chi connectivity index (χ0n) is 15.7. The van der Waals surface area contributed by atoms with Crippen molar-refractivity contribution in [2.24, 2.45) is 5.73 Å². The van der Waals surface area contributed by atoms with Crippen molar-refractivity contribution in [1.82, 2.24) is 0 Å². The molecule has 9 nitrogen and oxygen atoms in total. The van der Waals surface area contributed by atoms with E-state index >= 15 is 0 Å². The monoisotopic (exact) mass is 419 g/mol. The van der Waals surface area contributed by atoms with Crippen molar-refractivity contribution in [3.8, 4) is 0 Å². The smallest absolute Gasteiger partial charge is 0.338 e. The summed E-state index contributed by atoms with van der Waals surface area (Å²) in [6.45, 7) is -0.514. The fourth-order valence-corrected chi connectivity index (χ4v) is 3.00. The van der Waals surface area contributed by atoms with E-state index in [4.69, 9.17) is 10.5 Å². The maximum absolute atomic E-state index is 12.6. The van der Waals surface area contributed by atoms with E-state index in [0.717, 1.165) is 6.26 Å². The summed E-state index contributed by atoms with van der Waals surface area (Å²) in [6.07, 6.45) is 0.939. The van der Waals surface area contributed by atoms with Crippen LogP contribution >= 0.6 is 0 Å². The van der Waals surface area contributed by atoms with Gasteiger partial charge in [0.15, 0.2) is 6.61 Å². The van der Waals surface area contributed by atoms with Crippen LogP contribution in [0.25, 0.3) is 0 Å². The van der Waals surface area contributed by atoms with Crippen molar-refractivity contribution in [2.75, 3.05) is 29.0 Å². The number of sulfonamides is 1. The summed E-state index contributed by atoms with van der Waals surface area (Å²) in [5.74, 6) is -1.89. The zero-order valence-corrected chi connectivity index (χ0v) is 16.5. The molecule has 0 aromatic heterocycles. The summed E-state index contributed by atoms with van der Waals surface area (Å²) in [6, 6.07) is 14.3. The molecule has 10 heteroatoms. The molecule has 0 bridgehead atoms. The molecule has 0 aliphatic heterocycles. The van der Waals surface area contributed by atoms with E-state index in [0.29, 0.717) is 5.69 Å². The molecule has 0 fully saturated rings. The van der Waals surface area contributed by atoms with Gasteiger partial charge in [-0.1, -0.05) is 24.3 Å². The third kappa shape index (κ3) is 7.26. The molecule has 0 aliphatic carbocycles. The minimum Gasteiger partial charge on any atom is -0.452 e. The lowest BCUT2D eigenvalue weighted by Gasteiger charge is -2.22. The van der Waals surface area contributed by atoms with E-state index in [1.54, 1.807) is 30.3 Å². The lowest BCUT2D eigenvalue weighted by molar-refractivity contribution is -0.121. The highest BCUT2D eigenvalue weighted by molar-refractivity contribution is 7.92. The van der Waals surface area contributed by atoms with Crippen LogP contribution in [0.3, 0.4) is 0 Å². The molecule has 0 saturated heterocycles. The molecule has 0 aliphatic rings. The first-order valence-corrected chi connectivity index (χ1v) is 10.4. The van der Waals surface area contributed by atoms with Gasteiger partial charge in [0.2, 0.25) is 15.9 Å². The third-order valence-electron chi connectivity index (χ3n) is 3.68. The highest BCUT2D eigenvalue weighted by Gasteiger charge is 2.19. The summed E-state index contributed by atoms with van der Waals surface area (Å²) in [4.78, 5) is 37.2. The molecule has 0 radical (unpaired) electrons. The second-order valence-corrected chi connectivity index (χ2v) is 7.88. The predicted octanol–water partition coefficient (Wildman–Crippen LogP) is 1.12. The Morgan fingerprint density at radius 3 is 2.38 bits per heavy atom. The second-order valence-electron chi connectivity index (χ2n) is 6.13. The van der Waals surface area contributed by atoms with Crippen LogP contribution in [0.1, 0.15) is 16.8 Å². The molecular formula is C19H21N3O6S. The number of carbonyl (C=O) groups excluding carboxylic acids is 3. The fraction of sp³-hybridized carbons (Fsp3) is 0.211. The Hall–Kier alpha value is -3.40. The molecule has 0 heterocycles. The van der Waals surface area contributed by atoms with Gasteiger partial charge in [-0.05, 0) is 30.3 Å². The van der Waals surface area contributed by atoms with Gasteiger partial charge in [-0.3, -0.25) is 14.3 Å². The van der Waals surface area contributed by atoms with Crippen LogP contribution in [0.5, 0.6) is 0 Å². The average molecular weight is 419 g/mol. The molecule has 2 aromatic rings. The number of hydrogen-bond acceptors (Lipinski definition) is 6. The first-order chi connectivity index (χ1) is 13.7. The molecule has 29 heavy (non-hydrogen) atoms. The fourth-order valence-electron chi connectivity index (χ4n) is 2.44. The summed E-state index contributed by atoms with van der Waals surface area (Å²) >= 11 is 0. The lowest BCUT2D eigenvalue weighted by atomic mass is 10.2. The summed E-state index contributed by atoms with van der Waals surface area (Å²) in [7, 11) is -3.50. The van der Waals surface area contributed by atoms with E-state index in [1.165, 1.54) is 29.2 Å². The SMILES string of the molecule is CS(=O)(=O)Nc1cccc(C(=O)OCC(=O)N(CCC(N)=O)c2ccccc2)c1. The summed E-state index contributed by atoms with van der Waals surface area (Å²) < 4.78 is 29.9. The van der Waals surface area contributed by atoms with Gasteiger partial charge in [0.25, 0.3) is 5.91 Å². The molecular weight excluding hydrogens is 398 g/mol. The van der Waals surface area contributed by atoms with Crippen molar-refractivity contribution in [3.05, 3.63) is 60.2 Å². The Labute approximate surface area is 168 Å². The number of benzene rings is 2. The van der Waals surface area contributed by atoms with E-state index in [-0.39, 0.29) is 24.2 Å². The number of para-hydroxylation sites is 1. The maximum atomic E-state index is 12.6. The van der Waals surface area contributed by atoms with Crippen LogP contribution < -0.4 is 15.4 Å². The number of nitrogens with zero attached hydrogens (tertiary/aromatic N) is 1. The molecule has 0 unspecified atom stereocenters. The standard InChI is InChI=1S/C19H21N3O6S/c1-29(26,27)21-15-7-5-6-14(12-15)19(25)28-13-18(24)22(11-10-17(20)23)16-8-3-2-4-9-16/h2-9,12,21H,10-11,13H2,1H3,(H2,20,23). The van der Waals surface area contributed by atoms with E-state index in [9.17, 15) is 22.8 Å². The Morgan fingerprint density at radius 2 is 1.76 bits per heavy atom. The Kier molecular flexibility index (Phi) is 7.32. The molecule has 0 spiro atoms. The van der Waals surface area contributed by atoms with Gasteiger partial charge in [-0.15, -0.1) is 0 Å². The third-order valence-corrected chi connectivity index (χ3v) is 4.29. The highest BCUT2D eigenvalue weighted by Crippen LogP contribution is 2.15. The van der Waals surface area contributed by atoms with Crippen LogP contribution in [0, 0.1) is 0 Å². The number of carbonyl (C=O) groups is 3. The van der Waals surface area contributed by atoms with Crippen molar-refractivity contribution in [2.45, 2.75) is 6.42 Å². The molecule has 154 valence electrons. The minimum atomic E-state index is -3.50. The van der Waals surface area contributed by atoms with Crippen molar-refractivity contribution < 1.29 is 27.5 Å². The number of ether oxygens (including phenoxy) is 1. The molecule has 2 rings (SSSR count). The molecule has 3 N–H and O–H groups in total. The quantitative estimate of drug-likeness (QED) is 0.585. The van der Waals surface area contributed by atoms with Crippen molar-refractivity contribution in [3.63, 3.8) is 0 Å². The largest absolute Gasteiger partial charge is 0.452 e. The maximum Gasteiger partial charge on any atom is 0.338 e. The van der Waals surface area contributed by atoms with Gasteiger partial charge in [-0.2, -0.15) is 0 Å². The van der Waals surface area contributed by atoms with Gasteiger partial charge in [-0.25, -0.2) is 13.2 Å². The molecule has 0 saturated carbocycles. The number of anilines is 2. The number of rotatable bonds is 9. The topological polar surface area (TPSA) is 136 Å². The van der Waals surface area contributed by atoms with Gasteiger partial charge in [0.05, 0.1) is 11.8 Å². The van der Waals surface area contributed by atoms with Crippen LogP contribution in [0.15, 0.2) is 54.6 Å². The van der Waals surface area contributed by atoms with Gasteiger partial charge >= 0.3 is 5.97 Å². The van der Waals surface area contributed by atoms with Crippen molar-refractivity contribution >= 4 is 39.2 Å². The molecule has 0 atom stereocenters. The average Bonchev–Trinajstić information content (AvgIpc) is 2.65. The Balaban J connectivity index is 2.06. The normalized spacial score (nSPS) is 10.8. The molecule has 2 aromatic carbocycles. The number of esters is 1. The number of amides is 2.